The van der Waals surface area contributed by atoms with Gasteiger partial charge in [-0.05, 0) is 61.4 Å². The first kappa shape index (κ1) is 22.9. The predicted molar refractivity (Wildman–Crippen MR) is 145 cm³/mol. The molecule has 1 aliphatic heterocycles. The number of aromatic nitrogens is 4. The quantitative estimate of drug-likeness (QED) is 0.270. The van der Waals surface area contributed by atoms with Crippen LogP contribution in [0.4, 0.5) is 22.1 Å². The van der Waals surface area contributed by atoms with Crippen molar-refractivity contribution in [3.8, 4) is 0 Å². The summed E-state index contributed by atoms with van der Waals surface area (Å²) in [6.07, 6.45) is 5.94. The van der Waals surface area contributed by atoms with Gasteiger partial charge in [0.1, 0.15) is 0 Å². The number of rotatable bonds is 5. The zero-order chi connectivity index (χ0) is 25.8. The Hall–Kier alpha value is -4.28. The van der Waals surface area contributed by atoms with E-state index in [0.29, 0.717) is 49.4 Å². The monoisotopic (exact) mass is 514 g/mol. The summed E-state index contributed by atoms with van der Waals surface area (Å²) in [6, 6.07) is 9.87. The molecule has 196 valence electrons. The van der Waals surface area contributed by atoms with Crippen LogP contribution in [0.3, 0.4) is 0 Å². The van der Waals surface area contributed by atoms with Crippen molar-refractivity contribution < 1.29 is 14.7 Å². The number of carbonyl (C=O) groups excluding carboxylic acids is 1. The second-order valence-electron chi connectivity index (χ2n) is 10.8. The highest BCUT2D eigenvalue weighted by molar-refractivity contribution is 6.11. The van der Waals surface area contributed by atoms with E-state index in [1.807, 2.05) is 30.3 Å². The smallest absolute Gasteiger partial charge is 0.407 e. The van der Waals surface area contributed by atoms with Gasteiger partial charge < -0.3 is 30.5 Å². The Morgan fingerprint density at radius 3 is 2.66 bits per heavy atom. The number of carbonyl (C=O) groups is 2. The van der Waals surface area contributed by atoms with Crippen LogP contribution in [0.2, 0.25) is 0 Å². The molecule has 2 aromatic heterocycles. The number of imidazole rings is 1. The number of carboxylic acid groups (broad SMARTS) is 1. The number of amides is 2. The van der Waals surface area contributed by atoms with E-state index in [1.165, 1.54) is 30.6 Å². The number of benzene rings is 2. The molecule has 0 unspecified atom stereocenters. The molecule has 2 bridgehead atoms. The third-order valence-electron chi connectivity index (χ3n) is 8.49. The Bertz CT molecular complexity index is 1540. The first-order valence-electron chi connectivity index (χ1n) is 13.3. The number of fused-ring (bicyclic) bond motifs is 4. The highest BCUT2D eigenvalue weighted by atomic mass is 16.4. The van der Waals surface area contributed by atoms with Crippen molar-refractivity contribution in [3.05, 3.63) is 42.1 Å². The molecule has 3 aliphatic rings. The van der Waals surface area contributed by atoms with Crippen molar-refractivity contribution >= 4 is 51.3 Å². The highest BCUT2D eigenvalue weighted by Crippen LogP contribution is 2.45. The molecule has 2 aliphatic carbocycles. The maximum atomic E-state index is 13.6. The third-order valence-corrected chi connectivity index (χ3v) is 8.49. The largest absolute Gasteiger partial charge is 0.465 e. The van der Waals surface area contributed by atoms with E-state index in [9.17, 15) is 14.7 Å². The molecular formula is C27H30N8O3. The molecule has 3 atom stereocenters. The summed E-state index contributed by atoms with van der Waals surface area (Å²) in [7, 11) is 0. The minimum Gasteiger partial charge on any atom is -0.465 e. The maximum absolute atomic E-state index is 13.6. The molecular weight excluding hydrogens is 484 g/mol. The van der Waals surface area contributed by atoms with Gasteiger partial charge in [-0.1, -0.05) is 6.42 Å². The predicted octanol–water partition coefficient (Wildman–Crippen LogP) is 4.09. The summed E-state index contributed by atoms with van der Waals surface area (Å²) in [4.78, 5) is 36.8. The summed E-state index contributed by atoms with van der Waals surface area (Å²) in [5.41, 5.74) is 4.34. The van der Waals surface area contributed by atoms with Crippen LogP contribution < -0.4 is 15.5 Å². The minimum atomic E-state index is -0.920. The summed E-state index contributed by atoms with van der Waals surface area (Å²) in [6.45, 7) is 1.75. The van der Waals surface area contributed by atoms with Crippen LogP contribution in [0.15, 0.2) is 36.5 Å². The summed E-state index contributed by atoms with van der Waals surface area (Å²) in [5.74, 6) is 2.04. The topological polar surface area (TPSA) is 142 Å². The number of piperazine rings is 1. The van der Waals surface area contributed by atoms with E-state index in [0.717, 1.165) is 39.5 Å². The van der Waals surface area contributed by atoms with E-state index < -0.39 is 6.09 Å². The zero-order valence-electron chi connectivity index (χ0n) is 20.9. The van der Waals surface area contributed by atoms with Crippen molar-refractivity contribution in [1.29, 1.82) is 0 Å². The van der Waals surface area contributed by atoms with Crippen molar-refractivity contribution in [2.75, 3.05) is 41.7 Å². The van der Waals surface area contributed by atoms with E-state index in [1.54, 1.807) is 6.20 Å². The molecule has 2 saturated carbocycles. The second-order valence-corrected chi connectivity index (χ2v) is 10.8. The average molecular weight is 515 g/mol. The van der Waals surface area contributed by atoms with Crippen LogP contribution in [0.5, 0.6) is 0 Å². The fourth-order valence-corrected chi connectivity index (χ4v) is 6.51. The fourth-order valence-electron chi connectivity index (χ4n) is 6.51. The fraction of sp³-hybridized carbons (Fsp3) is 0.407. The number of nitrogens with zero attached hydrogens (tertiary/aromatic N) is 4. The molecule has 7 rings (SSSR count). The van der Waals surface area contributed by atoms with Crippen LogP contribution in [0.25, 0.3) is 21.9 Å². The van der Waals surface area contributed by atoms with Gasteiger partial charge in [0.05, 0.1) is 34.0 Å². The van der Waals surface area contributed by atoms with E-state index in [-0.39, 0.29) is 5.91 Å². The van der Waals surface area contributed by atoms with Gasteiger partial charge in [-0.15, -0.1) is 0 Å². The van der Waals surface area contributed by atoms with Crippen molar-refractivity contribution in [1.82, 2.24) is 25.1 Å². The lowest BCUT2D eigenvalue weighted by Crippen LogP contribution is -2.48. The van der Waals surface area contributed by atoms with Crippen molar-refractivity contribution in [3.63, 3.8) is 0 Å². The van der Waals surface area contributed by atoms with Crippen LogP contribution in [0.1, 0.15) is 36.0 Å². The van der Waals surface area contributed by atoms with E-state index >= 15 is 0 Å². The highest BCUT2D eigenvalue weighted by Gasteiger charge is 2.39. The molecule has 2 amide bonds. The lowest BCUT2D eigenvalue weighted by atomic mass is 9.95. The van der Waals surface area contributed by atoms with Crippen molar-refractivity contribution in [2.45, 2.75) is 31.7 Å². The lowest BCUT2D eigenvalue weighted by Gasteiger charge is -2.35. The molecule has 0 spiro atoms. The van der Waals surface area contributed by atoms with E-state index in [4.69, 9.17) is 4.98 Å². The molecule has 2 aromatic carbocycles. The number of aromatic amines is 2. The van der Waals surface area contributed by atoms with Gasteiger partial charge in [0.2, 0.25) is 5.95 Å². The molecule has 0 radical (unpaired) electrons. The van der Waals surface area contributed by atoms with Gasteiger partial charge in [0.25, 0.3) is 5.91 Å². The first-order valence-corrected chi connectivity index (χ1v) is 13.3. The number of H-pyrrole nitrogens is 2. The van der Waals surface area contributed by atoms with Crippen LogP contribution >= 0.6 is 0 Å². The van der Waals surface area contributed by atoms with Gasteiger partial charge in [0, 0.05) is 43.3 Å². The van der Waals surface area contributed by atoms with Gasteiger partial charge in [-0.2, -0.15) is 5.10 Å². The number of hydrogen-bond donors (Lipinski definition) is 5. The minimum absolute atomic E-state index is 0.237. The Morgan fingerprint density at radius 1 is 1.03 bits per heavy atom. The summed E-state index contributed by atoms with van der Waals surface area (Å²) in [5, 5.41) is 24.0. The van der Waals surface area contributed by atoms with E-state index in [2.05, 4.69) is 30.7 Å². The molecule has 3 heterocycles. The lowest BCUT2D eigenvalue weighted by molar-refractivity contribution is 0.102. The number of anilines is 3. The molecule has 5 N–H and O–H groups in total. The molecule has 1 saturated heterocycles. The van der Waals surface area contributed by atoms with Crippen LogP contribution in [-0.4, -0.2) is 74.4 Å². The van der Waals surface area contributed by atoms with Crippen molar-refractivity contribution in [2.24, 2.45) is 11.8 Å². The molecule has 4 aromatic rings. The molecule has 3 fully saturated rings. The average Bonchev–Trinajstić information content (AvgIpc) is 3.71. The molecule has 11 nitrogen and oxygen atoms in total. The Balaban J connectivity index is 1.20. The molecule has 38 heavy (non-hydrogen) atoms. The normalized spacial score (nSPS) is 22.9. The summed E-state index contributed by atoms with van der Waals surface area (Å²) < 4.78 is 0. The van der Waals surface area contributed by atoms with Gasteiger partial charge in [-0.3, -0.25) is 9.89 Å². The summed E-state index contributed by atoms with van der Waals surface area (Å²) >= 11 is 0. The first-order chi connectivity index (χ1) is 18.5. The number of hydrogen-bond acceptors (Lipinski definition) is 6. The second kappa shape index (κ2) is 8.93. The van der Waals surface area contributed by atoms with Crippen LogP contribution in [0, 0.1) is 11.8 Å². The zero-order valence-corrected chi connectivity index (χ0v) is 20.9. The Morgan fingerprint density at radius 2 is 1.89 bits per heavy atom. The standard InChI is InChI=1S/C27H30N8O3/c36-25(29-18-4-3-17-14-28-33-21(17)11-18)19-12-22-23(13-24(19)34-5-7-35(8-6-34)27(37)38)32-26(31-22)30-20-10-15-1-2-16(20)9-15/h3-4,11-16,20H,1-2,5-10H2,(H,28,33)(H,29,36)(H,37,38)(H2,30,31,32)/t15-,16+,20+/m1/s1. The third kappa shape index (κ3) is 4.07. The Labute approximate surface area is 218 Å². The number of nitrogens with one attached hydrogen (secondary N) is 4. The maximum Gasteiger partial charge on any atom is 0.407 e. The SMILES string of the molecule is O=C(Nc1ccc2cn[nH]c2c1)c1cc2[nH]c(N[C@H]3C[C@@H]4CC[C@H]3C4)nc2cc1N1CCN(C(=O)O)CC1. The van der Waals surface area contributed by atoms with Crippen LogP contribution in [-0.2, 0) is 0 Å². The van der Waals surface area contributed by atoms with Gasteiger partial charge in [-0.25, -0.2) is 9.78 Å². The van der Waals surface area contributed by atoms with Gasteiger partial charge >= 0.3 is 6.09 Å². The Kier molecular flexibility index (Phi) is 5.38. The van der Waals surface area contributed by atoms with Gasteiger partial charge in [0.15, 0.2) is 0 Å². The molecule has 11 heteroatoms.